The monoisotopic (exact) mass is 265 g/mol. The van der Waals surface area contributed by atoms with Crippen LogP contribution in [0.25, 0.3) is 0 Å². The van der Waals surface area contributed by atoms with E-state index in [1.54, 1.807) is 0 Å². The summed E-state index contributed by atoms with van der Waals surface area (Å²) in [6, 6.07) is 7.78. The highest BCUT2D eigenvalue weighted by Crippen LogP contribution is 2.12. The highest BCUT2D eigenvalue weighted by Gasteiger charge is 2.07. The molecule has 2 rings (SSSR count). The van der Waals surface area contributed by atoms with Gasteiger partial charge in [0.15, 0.2) is 5.82 Å². The molecule has 0 amide bonds. The molecule has 0 spiro atoms. The first-order valence-corrected chi connectivity index (χ1v) is 6.33. The van der Waals surface area contributed by atoms with Gasteiger partial charge in [0.1, 0.15) is 0 Å². The lowest BCUT2D eigenvalue weighted by Crippen LogP contribution is -2.15. The fraction of sp³-hybridized carbons (Fsp3) is 0.385. The van der Waals surface area contributed by atoms with E-state index in [1.165, 1.54) is 0 Å². The van der Waals surface area contributed by atoms with Gasteiger partial charge in [0.2, 0.25) is 5.89 Å². The average Bonchev–Trinajstić information content (AvgIpc) is 2.77. The Morgan fingerprint density at radius 3 is 2.72 bits per heavy atom. The van der Waals surface area contributed by atoms with E-state index in [0.29, 0.717) is 18.1 Å². The number of nitrogens with two attached hydrogens (primary N) is 1. The number of aryl methyl sites for hydroxylation is 1. The zero-order valence-electron chi connectivity index (χ0n) is 10.3. The molecule has 5 heteroatoms. The molecule has 0 aliphatic carbocycles. The SMILES string of the molecule is CC(N)CCc1nc(Cc2ccc(Cl)cc2)no1. The molecule has 0 fully saturated rings. The molecule has 1 aromatic heterocycles. The summed E-state index contributed by atoms with van der Waals surface area (Å²) in [5.41, 5.74) is 6.79. The van der Waals surface area contributed by atoms with Crippen LogP contribution >= 0.6 is 11.6 Å². The number of rotatable bonds is 5. The fourth-order valence-corrected chi connectivity index (χ4v) is 1.73. The van der Waals surface area contributed by atoms with E-state index >= 15 is 0 Å². The third kappa shape index (κ3) is 3.82. The molecule has 0 saturated carbocycles. The molecule has 0 saturated heterocycles. The summed E-state index contributed by atoms with van der Waals surface area (Å²) in [6.07, 6.45) is 2.23. The van der Waals surface area contributed by atoms with Crippen LogP contribution in [0.2, 0.25) is 5.02 Å². The first kappa shape index (κ1) is 13.1. The van der Waals surface area contributed by atoms with Crippen molar-refractivity contribution in [2.75, 3.05) is 0 Å². The number of benzene rings is 1. The average molecular weight is 266 g/mol. The van der Waals surface area contributed by atoms with Crippen molar-refractivity contribution in [2.45, 2.75) is 32.2 Å². The van der Waals surface area contributed by atoms with Crippen LogP contribution in [0.4, 0.5) is 0 Å². The van der Waals surface area contributed by atoms with Crippen molar-refractivity contribution in [3.05, 3.63) is 46.6 Å². The Balaban J connectivity index is 1.95. The lowest BCUT2D eigenvalue weighted by Gasteiger charge is -1.99. The number of hydrogen-bond acceptors (Lipinski definition) is 4. The van der Waals surface area contributed by atoms with Gasteiger partial charge in [-0.2, -0.15) is 4.98 Å². The van der Waals surface area contributed by atoms with Crippen molar-refractivity contribution in [3.63, 3.8) is 0 Å². The van der Waals surface area contributed by atoms with Crippen molar-refractivity contribution in [1.82, 2.24) is 10.1 Å². The molecule has 1 aromatic carbocycles. The molecule has 96 valence electrons. The second-order valence-electron chi connectivity index (χ2n) is 4.42. The second-order valence-corrected chi connectivity index (χ2v) is 4.86. The quantitative estimate of drug-likeness (QED) is 0.902. The van der Waals surface area contributed by atoms with E-state index in [9.17, 15) is 0 Å². The van der Waals surface area contributed by atoms with Crippen LogP contribution in [0.15, 0.2) is 28.8 Å². The minimum absolute atomic E-state index is 0.150. The molecule has 0 radical (unpaired) electrons. The minimum atomic E-state index is 0.150. The lowest BCUT2D eigenvalue weighted by atomic mass is 10.1. The molecule has 0 aliphatic rings. The van der Waals surface area contributed by atoms with Crippen molar-refractivity contribution >= 4 is 11.6 Å². The third-order valence-corrected chi connectivity index (χ3v) is 2.85. The molecule has 18 heavy (non-hydrogen) atoms. The standard InChI is InChI=1S/C13H16ClN3O/c1-9(15)2-7-13-16-12(17-18-13)8-10-3-5-11(14)6-4-10/h3-6,9H,2,7-8,15H2,1H3. The number of hydrogen-bond donors (Lipinski definition) is 1. The Hall–Kier alpha value is -1.39. The van der Waals surface area contributed by atoms with Crippen LogP contribution in [0.3, 0.4) is 0 Å². The second kappa shape index (κ2) is 5.98. The van der Waals surface area contributed by atoms with Gasteiger partial charge in [-0.1, -0.05) is 28.9 Å². The predicted molar refractivity (Wildman–Crippen MR) is 70.5 cm³/mol. The van der Waals surface area contributed by atoms with Crippen LogP contribution in [0.5, 0.6) is 0 Å². The molecular formula is C13H16ClN3O. The van der Waals surface area contributed by atoms with Crippen molar-refractivity contribution in [2.24, 2.45) is 5.73 Å². The molecule has 0 aliphatic heterocycles. The Kier molecular flexibility index (Phi) is 4.33. The minimum Gasteiger partial charge on any atom is -0.339 e. The van der Waals surface area contributed by atoms with E-state index in [4.69, 9.17) is 21.9 Å². The van der Waals surface area contributed by atoms with Crippen molar-refractivity contribution in [1.29, 1.82) is 0 Å². The number of halogens is 1. The van der Waals surface area contributed by atoms with E-state index in [-0.39, 0.29) is 6.04 Å². The smallest absolute Gasteiger partial charge is 0.226 e. The van der Waals surface area contributed by atoms with Gasteiger partial charge in [0.05, 0.1) is 0 Å². The van der Waals surface area contributed by atoms with E-state index < -0.39 is 0 Å². The Morgan fingerprint density at radius 1 is 1.33 bits per heavy atom. The summed E-state index contributed by atoms with van der Waals surface area (Å²) in [5, 5.41) is 4.68. The molecular weight excluding hydrogens is 250 g/mol. The normalized spacial score (nSPS) is 12.6. The highest BCUT2D eigenvalue weighted by atomic mass is 35.5. The van der Waals surface area contributed by atoms with Crippen LogP contribution < -0.4 is 5.73 Å². The summed E-state index contributed by atoms with van der Waals surface area (Å²) >= 11 is 5.83. The zero-order valence-corrected chi connectivity index (χ0v) is 11.0. The van der Waals surface area contributed by atoms with Crippen LogP contribution in [-0.2, 0) is 12.8 Å². The summed E-state index contributed by atoms with van der Waals surface area (Å²) < 4.78 is 5.17. The first-order valence-electron chi connectivity index (χ1n) is 5.95. The summed E-state index contributed by atoms with van der Waals surface area (Å²) in [5.74, 6) is 1.34. The summed E-state index contributed by atoms with van der Waals surface area (Å²) in [7, 11) is 0. The number of aromatic nitrogens is 2. The first-order chi connectivity index (χ1) is 8.63. The van der Waals surface area contributed by atoms with E-state index in [1.807, 2.05) is 31.2 Å². The highest BCUT2D eigenvalue weighted by molar-refractivity contribution is 6.30. The zero-order chi connectivity index (χ0) is 13.0. The van der Waals surface area contributed by atoms with Gasteiger partial charge in [-0.3, -0.25) is 0 Å². The summed E-state index contributed by atoms with van der Waals surface area (Å²) in [6.45, 7) is 1.96. The van der Waals surface area contributed by atoms with Gasteiger partial charge < -0.3 is 10.3 Å². The third-order valence-electron chi connectivity index (χ3n) is 2.60. The molecule has 2 aromatic rings. The largest absolute Gasteiger partial charge is 0.339 e. The van der Waals surface area contributed by atoms with Crippen LogP contribution in [-0.4, -0.2) is 16.2 Å². The van der Waals surface area contributed by atoms with E-state index in [0.717, 1.165) is 23.4 Å². The Morgan fingerprint density at radius 2 is 2.06 bits per heavy atom. The molecule has 1 heterocycles. The topological polar surface area (TPSA) is 64.9 Å². The van der Waals surface area contributed by atoms with Gasteiger partial charge in [0.25, 0.3) is 0 Å². The van der Waals surface area contributed by atoms with Crippen LogP contribution in [0, 0.1) is 0 Å². The summed E-state index contributed by atoms with van der Waals surface area (Å²) in [4.78, 5) is 4.33. The maximum absolute atomic E-state index is 5.83. The van der Waals surface area contributed by atoms with E-state index in [2.05, 4.69) is 10.1 Å². The maximum Gasteiger partial charge on any atom is 0.226 e. The fourth-order valence-electron chi connectivity index (χ4n) is 1.60. The van der Waals surface area contributed by atoms with Crippen molar-refractivity contribution in [3.8, 4) is 0 Å². The van der Waals surface area contributed by atoms with Gasteiger partial charge >= 0.3 is 0 Å². The molecule has 1 atom stereocenters. The molecule has 0 bridgehead atoms. The molecule has 2 N–H and O–H groups in total. The molecule has 1 unspecified atom stereocenters. The Bertz CT molecular complexity index is 493. The van der Waals surface area contributed by atoms with Crippen LogP contribution in [0.1, 0.15) is 30.6 Å². The van der Waals surface area contributed by atoms with Gasteiger partial charge in [0, 0.05) is 23.9 Å². The Labute approximate surface area is 111 Å². The molecule has 4 nitrogen and oxygen atoms in total. The predicted octanol–water partition coefficient (Wildman–Crippen LogP) is 2.59. The van der Waals surface area contributed by atoms with Gasteiger partial charge in [-0.15, -0.1) is 0 Å². The lowest BCUT2D eigenvalue weighted by molar-refractivity contribution is 0.368. The van der Waals surface area contributed by atoms with Gasteiger partial charge in [-0.05, 0) is 31.0 Å². The van der Waals surface area contributed by atoms with Gasteiger partial charge in [-0.25, -0.2) is 0 Å². The maximum atomic E-state index is 5.83. The van der Waals surface area contributed by atoms with Crippen molar-refractivity contribution < 1.29 is 4.52 Å². The number of nitrogens with zero attached hydrogens (tertiary/aromatic N) is 2.